The van der Waals surface area contributed by atoms with Gasteiger partial charge in [0, 0.05) is 25.2 Å². The molecule has 108 valence electrons. The van der Waals surface area contributed by atoms with E-state index in [1.807, 2.05) is 30.0 Å². The van der Waals surface area contributed by atoms with Crippen LogP contribution in [0.1, 0.15) is 17.2 Å². The zero-order chi connectivity index (χ0) is 14.3. The molecule has 0 heterocycles. The average Bonchev–Trinajstić information content (AvgIpc) is 2.39. The van der Waals surface area contributed by atoms with Crippen LogP contribution in [0.15, 0.2) is 18.2 Å². The molecule has 0 amide bonds. The van der Waals surface area contributed by atoms with Crippen molar-refractivity contribution in [1.29, 1.82) is 0 Å². The van der Waals surface area contributed by atoms with E-state index in [0.29, 0.717) is 25.4 Å². The van der Waals surface area contributed by atoms with Gasteiger partial charge in [0.15, 0.2) is 0 Å². The quantitative estimate of drug-likeness (QED) is 0.634. The van der Waals surface area contributed by atoms with Gasteiger partial charge in [-0.25, -0.2) is 0 Å². The molecule has 1 aromatic carbocycles. The molecule has 0 aliphatic heterocycles. The summed E-state index contributed by atoms with van der Waals surface area (Å²) in [5, 5.41) is 28.2. The highest BCUT2D eigenvalue weighted by molar-refractivity contribution is 5.38. The van der Waals surface area contributed by atoms with Gasteiger partial charge < -0.3 is 20.1 Å². The first-order valence-corrected chi connectivity index (χ1v) is 6.39. The van der Waals surface area contributed by atoms with Crippen molar-refractivity contribution >= 4 is 0 Å². The second-order valence-electron chi connectivity index (χ2n) is 4.51. The number of aliphatic hydroxyl groups excluding tert-OH is 3. The average molecular weight is 269 g/mol. The molecule has 0 aliphatic rings. The first-order chi connectivity index (χ1) is 9.12. The van der Waals surface area contributed by atoms with Gasteiger partial charge in [0.25, 0.3) is 0 Å². The maximum absolute atomic E-state index is 10.3. The predicted molar refractivity (Wildman–Crippen MR) is 73.3 cm³/mol. The Hall–Kier alpha value is -1.14. The van der Waals surface area contributed by atoms with Crippen LogP contribution < -0.4 is 4.74 Å². The van der Waals surface area contributed by atoms with Crippen molar-refractivity contribution in [1.82, 2.24) is 4.90 Å². The van der Waals surface area contributed by atoms with Crippen molar-refractivity contribution in [3.05, 3.63) is 29.3 Å². The minimum Gasteiger partial charge on any atom is -0.496 e. The first-order valence-electron chi connectivity index (χ1n) is 6.39. The highest BCUT2D eigenvalue weighted by Gasteiger charge is 2.17. The van der Waals surface area contributed by atoms with E-state index in [1.165, 1.54) is 0 Å². The first kappa shape index (κ1) is 15.9. The van der Waals surface area contributed by atoms with Crippen molar-refractivity contribution < 1.29 is 20.1 Å². The number of benzene rings is 1. The molecule has 1 atom stereocenters. The number of aliphatic hydroxyl groups is 3. The summed E-state index contributed by atoms with van der Waals surface area (Å²) in [5.41, 5.74) is 1.77. The van der Waals surface area contributed by atoms with E-state index in [0.717, 1.165) is 11.1 Å². The Morgan fingerprint density at radius 1 is 1.21 bits per heavy atom. The monoisotopic (exact) mass is 269 g/mol. The number of nitrogens with zero attached hydrogens (tertiary/aromatic N) is 1. The maximum Gasteiger partial charge on any atom is 0.124 e. The lowest BCUT2D eigenvalue weighted by Crippen LogP contribution is -2.33. The zero-order valence-electron chi connectivity index (χ0n) is 11.5. The Labute approximate surface area is 114 Å². The van der Waals surface area contributed by atoms with E-state index in [-0.39, 0.29) is 13.2 Å². The van der Waals surface area contributed by atoms with E-state index < -0.39 is 6.10 Å². The molecule has 19 heavy (non-hydrogen) atoms. The minimum absolute atomic E-state index is 0.00231. The summed E-state index contributed by atoms with van der Waals surface area (Å²) >= 11 is 0. The van der Waals surface area contributed by atoms with Gasteiger partial charge in [-0.3, -0.25) is 4.90 Å². The van der Waals surface area contributed by atoms with Crippen LogP contribution in [0, 0.1) is 6.92 Å². The summed E-state index contributed by atoms with van der Waals surface area (Å²) in [6.45, 7) is 3.14. The fraction of sp³-hybridized carbons (Fsp3) is 0.571. The lowest BCUT2D eigenvalue weighted by Gasteiger charge is -2.24. The number of aryl methyl sites for hydroxylation is 1. The number of ether oxygens (including phenoxy) is 1. The summed E-state index contributed by atoms with van der Waals surface area (Å²) in [6, 6.07) is 5.64. The molecule has 0 spiro atoms. The third-order valence-electron chi connectivity index (χ3n) is 3.01. The normalized spacial score (nSPS) is 12.7. The largest absolute Gasteiger partial charge is 0.496 e. The highest BCUT2D eigenvalue weighted by Crippen LogP contribution is 2.26. The molecular weight excluding hydrogens is 246 g/mol. The molecule has 5 heteroatoms. The van der Waals surface area contributed by atoms with Crippen LogP contribution in [-0.2, 0) is 0 Å². The van der Waals surface area contributed by atoms with Gasteiger partial charge >= 0.3 is 0 Å². The molecule has 5 nitrogen and oxygen atoms in total. The minimum atomic E-state index is -0.715. The second-order valence-corrected chi connectivity index (χ2v) is 4.51. The second kappa shape index (κ2) is 8.12. The third kappa shape index (κ3) is 4.80. The Morgan fingerprint density at radius 3 is 2.37 bits per heavy atom. The Bertz CT molecular complexity index is 378. The fourth-order valence-corrected chi connectivity index (χ4v) is 2.03. The van der Waals surface area contributed by atoms with Crippen molar-refractivity contribution in [2.24, 2.45) is 0 Å². The summed E-state index contributed by atoms with van der Waals surface area (Å²) in [7, 11) is 1.57. The van der Waals surface area contributed by atoms with Crippen LogP contribution in [0.5, 0.6) is 5.75 Å². The summed E-state index contributed by atoms with van der Waals surface area (Å²) in [4.78, 5) is 1.81. The standard InChI is InChI=1S/C14H23NO4/c1-11-3-4-14(19-2)12(9-11)13(18)10-15(5-7-16)6-8-17/h3-4,9,13,16-18H,5-8,10H2,1-2H3. The summed E-state index contributed by atoms with van der Waals surface area (Å²) in [5.74, 6) is 0.644. The lowest BCUT2D eigenvalue weighted by molar-refractivity contribution is 0.0859. The molecule has 1 aromatic rings. The maximum atomic E-state index is 10.3. The molecule has 1 rings (SSSR count). The van der Waals surface area contributed by atoms with Crippen LogP contribution in [0.25, 0.3) is 0 Å². The van der Waals surface area contributed by atoms with Gasteiger partial charge in [-0.1, -0.05) is 11.6 Å². The molecule has 0 fully saturated rings. The molecular formula is C14H23NO4. The van der Waals surface area contributed by atoms with Gasteiger partial charge in [-0.15, -0.1) is 0 Å². The van der Waals surface area contributed by atoms with E-state index >= 15 is 0 Å². The third-order valence-corrected chi connectivity index (χ3v) is 3.01. The molecule has 0 saturated heterocycles. The molecule has 0 saturated carbocycles. The Balaban J connectivity index is 2.80. The topological polar surface area (TPSA) is 73.2 Å². The lowest BCUT2D eigenvalue weighted by atomic mass is 10.0. The van der Waals surface area contributed by atoms with Crippen LogP contribution >= 0.6 is 0 Å². The molecule has 0 aliphatic carbocycles. The molecule has 0 aromatic heterocycles. The summed E-state index contributed by atoms with van der Waals surface area (Å²) < 4.78 is 5.25. The molecule has 3 N–H and O–H groups in total. The predicted octanol–water partition coefficient (Wildman–Crippen LogP) is 0.324. The van der Waals surface area contributed by atoms with E-state index in [2.05, 4.69) is 0 Å². The SMILES string of the molecule is COc1ccc(C)cc1C(O)CN(CCO)CCO. The van der Waals surface area contributed by atoms with Gasteiger partial charge in [-0.05, 0) is 19.1 Å². The highest BCUT2D eigenvalue weighted by atomic mass is 16.5. The summed E-state index contributed by atoms with van der Waals surface area (Å²) in [6.07, 6.45) is -0.715. The van der Waals surface area contributed by atoms with Crippen molar-refractivity contribution in [2.45, 2.75) is 13.0 Å². The van der Waals surface area contributed by atoms with E-state index in [1.54, 1.807) is 7.11 Å². The molecule has 1 unspecified atom stereocenters. The van der Waals surface area contributed by atoms with Gasteiger partial charge in [0.05, 0.1) is 26.4 Å². The number of hydrogen-bond donors (Lipinski definition) is 3. The Kier molecular flexibility index (Phi) is 6.80. The number of methoxy groups -OCH3 is 1. The molecule has 0 bridgehead atoms. The number of rotatable bonds is 8. The Morgan fingerprint density at radius 2 is 1.84 bits per heavy atom. The van der Waals surface area contributed by atoms with Gasteiger partial charge in [-0.2, -0.15) is 0 Å². The van der Waals surface area contributed by atoms with Gasteiger partial charge in [0.1, 0.15) is 5.75 Å². The van der Waals surface area contributed by atoms with Gasteiger partial charge in [0.2, 0.25) is 0 Å². The number of hydrogen-bond acceptors (Lipinski definition) is 5. The van der Waals surface area contributed by atoms with Crippen molar-refractivity contribution in [3.63, 3.8) is 0 Å². The smallest absolute Gasteiger partial charge is 0.124 e. The van der Waals surface area contributed by atoms with Crippen LogP contribution in [0.3, 0.4) is 0 Å². The van der Waals surface area contributed by atoms with E-state index in [4.69, 9.17) is 14.9 Å². The van der Waals surface area contributed by atoms with Crippen molar-refractivity contribution in [3.8, 4) is 5.75 Å². The van der Waals surface area contributed by atoms with Crippen LogP contribution in [0.4, 0.5) is 0 Å². The van der Waals surface area contributed by atoms with Crippen molar-refractivity contribution in [2.75, 3.05) is 40.0 Å². The molecule has 0 radical (unpaired) electrons. The fourth-order valence-electron chi connectivity index (χ4n) is 2.03. The zero-order valence-corrected chi connectivity index (χ0v) is 11.5. The van der Waals surface area contributed by atoms with Crippen LogP contribution in [-0.4, -0.2) is 60.2 Å². The van der Waals surface area contributed by atoms with E-state index in [9.17, 15) is 5.11 Å². The van der Waals surface area contributed by atoms with Crippen LogP contribution in [0.2, 0.25) is 0 Å².